The summed E-state index contributed by atoms with van der Waals surface area (Å²) in [6, 6.07) is 7.61. The Labute approximate surface area is 158 Å². The smallest absolute Gasteiger partial charge is 0.163 e. The van der Waals surface area contributed by atoms with E-state index in [2.05, 4.69) is 26.1 Å². The molecule has 1 aromatic carbocycles. The molecule has 6 nitrogen and oxygen atoms in total. The van der Waals surface area contributed by atoms with Crippen LogP contribution in [0.2, 0.25) is 0 Å². The van der Waals surface area contributed by atoms with Crippen LogP contribution >= 0.6 is 15.9 Å². The highest BCUT2D eigenvalue weighted by atomic mass is 79.9. The summed E-state index contributed by atoms with van der Waals surface area (Å²) < 4.78 is 17.8. The van der Waals surface area contributed by atoms with Crippen molar-refractivity contribution in [2.24, 2.45) is 0 Å². The van der Waals surface area contributed by atoms with Gasteiger partial charge in [-0.3, -0.25) is 9.48 Å². The third-order valence-corrected chi connectivity index (χ3v) is 4.90. The lowest BCUT2D eigenvalue weighted by atomic mass is 10.1. The number of hydrogen-bond donors (Lipinski definition) is 0. The van der Waals surface area contributed by atoms with Crippen LogP contribution in [0.3, 0.4) is 0 Å². The van der Waals surface area contributed by atoms with E-state index in [4.69, 9.17) is 0 Å². The number of carbonyl (C=O) groups is 1. The van der Waals surface area contributed by atoms with Crippen LogP contribution in [0, 0.1) is 17.1 Å². The van der Waals surface area contributed by atoms with E-state index in [0.29, 0.717) is 17.8 Å². The third-order valence-electron chi connectivity index (χ3n) is 3.98. The summed E-state index contributed by atoms with van der Waals surface area (Å²) in [5.74, 6) is -0.778. The van der Waals surface area contributed by atoms with Crippen LogP contribution in [0.25, 0.3) is 5.69 Å². The summed E-state index contributed by atoms with van der Waals surface area (Å²) in [5, 5.41) is 17.8. The Kier molecular flexibility index (Phi) is 5.00. The zero-order chi connectivity index (χ0) is 18.8. The minimum atomic E-state index is -0.500. The van der Waals surface area contributed by atoms with E-state index in [-0.39, 0.29) is 17.0 Å². The average molecular weight is 416 g/mol. The van der Waals surface area contributed by atoms with Gasteiger partial charge in [-0.25, -0.2) is 9.07 Å². The molecule has 3 aromatic rings. The van der Waals surface area contributed by atoms with E-state index >= 15 is 0 Å². The molecule has 0 spiro atoms. The van der Waals surface area contributed by atoms with Crippen molar-refractivity contribution in [1.82, 2.24) is 19.6 Å². The predicted octanol–water partition coefficient (Wildman–Crippen LogP) is 3.66. The molecule has 0 unspecified atom stereocenters. The second-order valence-electron chi connectivity index (χ2n) is 5.72. The quantitative estimate of drug-likeness (QED) is 0.595. The molecule has 2 heterocycles. The van der Waals surface area contributed by atoms with Crippen molar-refractivity contribution >= 4 is 21.7 Å². The molecule has 2 aromatic heterocycles. The molecule has 0 aliphatic carbocycles. The molecule has 0 aliphatic rings. The highest BCUT2D eigenvalue weighted by molar-refractivity contribution is 9.10. The summed E-state index contributed by atoms with van der Waals surface area (Å²) in [5.41, 5.74) is 2.49. The SMILES string of the molecule is CCn1ncc(Cc2cc(C#N)nn2-c2ccc(F)cc2C(C)=O)c1Br. The van der Waals surface area contributed by atoms with E-state index < -0.39 is 5.82 Å². The number of Topliss-reactive ketones (excluding diaryl/α,β-unsaturated/α-hetero) is 1. The highest BCUT2D eigenvalue weighted by Crippen LogP contribution is 2.24. The topological polar surface area (TPSA) is 76.5 Å². The molecule has 26 heavy (non-hydrogen) atoms. The molecule has 0 atom stereocenters. The van der Waals surface area contributed by atoms with Gasteiger partial charge >= 0.3 is 0 Å². The van der Waals surface area contributed by atoms with Gasteiger partial charge < -0.3 is 0 Å². The Bertz CT molecular complexity index is 1030. The van der Waals surface area contributed by atoms with Crippen molar-refractivity contribution in [3.8, 4) is 11.8 Å². The fraction of sp³-hybridized carbons (Fsp3) is 0.222. The van der Waals surface area contributed by atoms with Crippen LogP contribution in [-0.4, -0.2) is 25.3 Å². The van der Waals surface area contributed by atoms with Crippen LogP contribution in [0.5, 0.6) is 0 Å². The number of carbonyl (C=O) groups excluding carboxylic acids is 1. The van der Waals surface area contributed by atoms with Crippen LogP contribution < -0.4 is 0 Å². The molecule has 3 rings (SSSR count). The van der Waals surface area contributed by atoms with Crippen LogP contribution in [0.15, 0.2) is 35.1 Å². The summed E-state index contributed by atoms with van der Waals surface area (Å²) in [6.07, 6.45) is 2.19. The monoisotopic (exact) mass is 415 g/mol. The zero-order valence-corrected chi connectivity index (χ0v) is 15.8. The Morgan fingerprint density at radius 3 is 2.77 bits per heavy atom. The van der Waals surface area contributed by atoms with E-state index in [1.165, 1.54) is 29.8 Å². The number of benzene rings is 1. The van der Waals surface area contributed by atoms with E-state index in [1.807, 2.05) is 13.0 Å². The first-order valence-electron chi connectivity index (χ1n) is 7.94. The number of nitriles is 1. The van der Waals surface area contributed by atoms with Gasteiger partial charge in [0.1, 0.15) is 16.5 Å². The van der Waals surface area contributed by atoms with Gasteiger partial charge in [0.2, 0.25) is 0 Å². The molecular weight excluding hydrogens is 401 g/mol. The number of aryl methyl sites for hydroxylation is 1. The second kappa shape index (κ2) is 7.22. The third kappa shape index (κ3) is 3.30. The molecule has 0 saturated carbocycles. The Hall–Kier alpha value is -2.79. The molecule has 132 valence electrons. The average Bonchev–Trinajstić information content (AvgIpc) is 3.19. The molecule has 0 saturated heterocycles. The summed E-state index contributed by atoms with van der Waals surface area (Å²) >= 11 is 3.52. The summed E-state index contributed by atoms with van der Waals surface area (Å²) in [4.78, 5) is 11.9. The van der Waals surface area contributed by atoms with Crippen molar-refractivity contribution in [2.45, 2.75) is 26.8 Å². The Morgan fingerprint density at radius 1 is 1.38 bits per heavy atom. The van der Waals surface area contributed by atoms with Crippen molar-refractivity contribution in [1.29, 1.82) is 5.26 Å². The van der Waals surface area contributed by atoms with E-state index in [0.717, 1.165) is 16.7 Å². The lowest BCUT2D eigenvalue weighted by Gasteiger charge is -2.11. The maximum absolute atomic E-state index is 13.6. The first kappa shape index (κ1) is 18.0. The number of nitrogens with zero attached hydrogens (tertiary/aromatic N) is 5. The first-order chi connectivity index (χ1) is 12.4. The minimum absolute atomic E-state index is 0.210. The molecule has 8 heteroatoms. The predicted molar refractivity (Wildman–Crippen MR) is 96.6 cm³/mol. The van der Waals surface area contributed by atoms with Gasteiger partial charge in [0, 0.05) is 24.1 Å². The van der Waals surface area contributed by atoms with Gasteiger partial charge in [0.15, 0.2) is 11.5 Å². The van der Waals surface area contributed by atoms with Crippen molar-refractivity contribution in [2.75, 3.05) is 0 Å². The number of halogens is 2. The normalized spacial score (nSPS) is 10.7. The maximum atomic E-state index is 13.6. The Morgan fingerprint density at radius 2 is 2.15 bits per heavy atom. The lowest BCUT2D eigenvalue weighted by Crippen LogP contribution is -2.09. The van der Waals surface area contributed by atoms with Gasteiger partial charge in [0.25, 0.3) is 0 Å². The first-order valence-corrected chi connectivity index (χ1v) is 8.74. The molecule has 0 fully saturated rings. The molecule has 0 amide bonds. The zero-order valence-electron chi connectivity index (χ0n) is 14.2. The second-order valence-corrected chi connectivity index (χ2v) is 6.47. The fourth-order valence-corrected chi connectivity index (χ4v) is 3.31. The van der Waals surface area contributed by atoms with Crippen LogP contribution in [-0.2, 0) is 13.0 Å². The number of rotatable bonds is 5. The van der Waals surface area contributed by atoms with Crippen LogP contribution in [0.4, 0.5) is 4.39 Å². The standard InChI is InChI=1S/C18H15BrFN5O/c1-3-24-18(19)12(10-22-24)6-15-8-14(9-21)23-25(15)17-5-4-13(20)7-16(17)11(2)26/h4-5,7-8,10H,3,6H2,1-2H3. The maximum Gasteiger partial charge on any atom is 0.163 e. The van der Waals surface area contributed by atoms with E-state index in [1.54, 1.807) is 16.9 Å². The highest BCUT2D eigenvalue weighted by Gasteiger charge is 2.18. The van der Waals surface area contributed by atoms with Gasteiger partial charge in [-0.1, -0.05) is 0 Å². The lowest BCUT2D eigenvalue weighted by molar-refractivity contribution is 0.101. The van der Waals surface area contributed by atoms with Crippen molar-refractivity contribution in [3.63, 3.8) is 0 Å². The largest absolute Gasteiger partial charge is 0.294 e. The van der Waals surface area contributed by atoms with Gasteiger partial charge in [-0.15, -0.1) is 0 Å². The summed E-state index contributed by atoms with van der Waals surface area (Å²) in [6.45, 7) is 4.07. The molecule has 0 bridgehead atoms. The number of hydrogen-bond acceptors (Lipinski definition) is 4. The Balaban J connectivity index is 2.12. The van der Waals surface area contributed by atoms with Crippen LogP contribution in [0.1, 0.15) is 41.2 Å². The van der Waals surface area contributed by atoms with E-state index in [9.17, 15) is 14.4 Å². The van der Waals surface area contributed by atoms with Crippen molar-refractivity contribution in [3.05, 3.63) is 63.4 Å². The fourth-order valence-electron chi connectivity index (χ4n) is 2.73. The van der Waals surface area contributed by atoms with Crippen molar-refractivity contribution < 1.29 is 9.18 Å². The van der Waals surface area contributed by atoms with Gasteiger partial charge in [0.05, 0.1) is 17.6 Å². The molecule has 0 aliphatic heterocycles. The molecule has 0 N–H and O–H groups in total. The number of ketones is 1. The minimum Gasteiger partial charge on any atom is -0.294 e. The molecule has 0 radical (unpaired) electrons. The van der Waals surface area contributed by atoms with Gasteiger partial charge in [-0.05, 0) is 54.0 Å². The number of aromatic nitrogens is 4. The summed E-state index contributed by atoms with van der Waals surface area (Å²) in [7, 11) is 0. The van der Waals surface area contributed by atoms with Gasteiger partial charge in [-0.2, -0.15) is 15.5 Å². The molecular formula is C18H15BrFN5O.